The van der Waals surface area contributed by atoms with E-state index in [1.54, 1.807) is 14.1 Å². The molecule has 0 unspecified atom stereocenters. The van der Waals surface area contributed by atoms with E-state index in [9.17, 15) is 9.59 Å². The molecule has 3 rings (SSSR count). The second-order valence-electron chi connectivity index (χ2n) is 6.87. The Morgan fingerprint density at radius 1 is 1.34 bits per heavy atom. The third kappa shape index (κ3) is 5.29. The lowest BCUT2D eigenvalue weighted by molar-refractivity contribution is 0.221. The predicted molar refractivity (Wildman–Crippen MR) is 105 cm³/mol. The highest BCUT2D eigenvalue weighted by molar-refractivity contribution is 5.74. The molecule has 1 aromatic heterocycles. The molecule has 1 aliphatic heterocycles. The van der Waals surface area contributed by atoms with E-state index in [0.29, 0.717) is 12.3 Å². The van der Waals surface area contributed by atoms with Crippen molar-refractivity contribution in [1.29, 1.82) is 5.53 Å². The van der Waals surface area contributed by atoms with Crippen LogP contribution in [0, 0.1) is 5.53 Å². The molecule has 0 bridgehead atoms. The summed E-state index contributed by atoms with van der Waals surface area (Å²) in [7, 11) is 3.18. The Kier molecular flexibility index (Phi) is 6.40. The fourth-order valence-electron chi connectivity index (χ4n) is 2.89. The first-order valence-electron chi connectivity index (χ1n) is 9.04. The van der Waals surface area contributed by atoms with E-state index in [2.05, 4.69) is 27.5 Å². The van der Waals surface area contributed by atoms with Gasteiger partial charge in [0.15, 0.2) is 0 Å². The summed E-state index contributed by atoms with van der Waals surface area (Å²) in [4.78, 5) is 27.3. The number of fused-ring (bicyclic) bond motifs is 1. The number of carbonyl (C=O) groups is 1. The van der Waals surface area contributed by atoms with Crippen molar-refractivity contribution in [1.82, 2.24) is 15.1 Å². The normalized spacial score (nSPS) is 13.7. The molecule has 1 aliphatic rings. The van der Waals surface area contributed by atoms with E-state index in [-0.39, 0.29) is 29.5 Å². The molecule has 0 radical (unpaired) electrons. The van der Waals surface area contributed by atoms with Crippen molar-refractivity contribution in [3.63, 3.8) is 0 Å². The molecule has 0 fully saturated rings. The maximum atomic E-state index is 12.3. The van der Waals surface area contributed by atoms with Crippen LogP contribution >= 0.6 is 0 Å². The predicted octanol–water partition coefficient (Wildman–Crippen LogP) is 2.68. The summed E-state index contributed by atoms with van der Waals surface area (Å²) < 4.78 is 10.9. The first kappa shape index (κ1) is 20.3. The molecule has 0 aliphatic carbocycles. The topological polar surface area (TPSA) is 111 Å². The number of ether oxygens (including phenoxy) is 1. The van der Waals surface area contributed by atoms with E-state index in [1.165, 1.54) is 34.6 Å². The standard InChI is InChI=1S/C20H23N5O4/c1-24(2)20(27)22-8-16(23-21)12-29-19-13-28-17(7-18(19)26)11-25-9-14-5-3-4-6-15(14)10-25/h3-8,13,21H,9-12H2,1-2H3,(H,22,27)/b16-8-,23-21?. The van der Waals surface area contributed by atoms with Crippen molar-refractivity contribution in [2.45, 2.75) is 19.6 Å². The molecule has 1 aromatic carbocycles. The summed E-state index contributed by atoms with van der Waals surface area (Å²) >= 11 is 0. The molecular formula is C20H23N5O4. The maximum Gasteiger partial charge on any atom is 0.320 e. The number of hydrogen-bond donors (Lipinski definition) is 2. The van der Waals surface area contributed by atoms with E-state index < -0.39 is 0 Å². The number of urea groups is 1. The molecule has 0 saturated carbocycles. The van der Waals surface area contributed by atoms with Crippen molar-refractivity contribution in [2.75, 3.05) is 20.7 Å². The van der Waals surface area contributed by atoms with Crippen molar-refractivity contribution >= 4 is 6.03 Å². The first-order chi connectivity index (χ1) is 14.0. The molecule has 2 heterocycles. The zero-order valence-corrected chi connectivity index (χ0v) is 16.3. The van der Waals surface area contributed by atoms with Gasteiger partial charge in [-0.3, -0.25) is 9.69 Å². The Labute approximate surface area is 168 Å². The molecule has 0 saturated heterocycles. The van der Waals surface area contributed by atoms with Crippen molar-refractivity contribution in [2.24, 2.45) is 5.11 Å². The quantitative estimate of drug-likeness (QED) is 0.698. The Bertz CT molecular complexity index is 958. The van der Waals surface area contributed by atoms with Gasteiger partial charge in [-0.1, -0.05) is 24.3 Å². The van der Waals surface area contributed by atoms with Crippen LogP contribution in [0.15, 0.2) is 62.8 Å². The Morgan fingerprint density at radius 3 is 2.62 bits per heavy atom. The number of benzene rings is 1. The highest BCUT2D eigenvalue weighted by Gasteiger charge is 2.19. The van der Waals surface area contributed by atoms with Gasteiger partial charge in [-0.2, -0.15) is 5.11 Å². The molecule has 29 heavy (non-hydrogen) atoms. The van der Waals surface area contributed by atoms with Crippen molar-refractivity contribution < 1.29 is 13.9 Å². The van der Waals surface area contributed by atoms with Gasteiger partial charge in [-0.25, -0.2) is 10.3 Å². The van der Waals surface area contributed by atoms with Gasteiger partial charge in [-0.05, 0) is 11.1 Å². The summed E-state index contributed by atoms with van der Waals surface area (Å²) in [6.45, 7) is 2.00. The number of amides is 2. The second-order valence-corrected chi connectivity index (χ2v) is 6.87. The Balaban J connectivity index is 1.57. The Hall–Kier alpha value is -3.46. The van der Waals surface area contributed by atoms with Crippen LogP contribution < -0.4 is 15.5 Å². The van der Waals surface area contributed by atoms with Crippen molar-refractivity contribution in [3.8, 4) is 5.75 Å². The molecular weight excluding hydrogens is 374 g/mol. The lowest BCUT2D eigenvalue weighted by Crippen LogP contribution is -2.31. The fourth-order valence-corrected chi connectivity index (χ4v) is 2.89. The van der Waals surface area contributed by atoms with Crippen LogP contribution in [0.4, 0.5) is 4.79 Å². The zero-order chi connectivity index (χ0) is 20.8. The van der Waals surface area contributed by atoms with Gasteiger partial charge in [-0.15, -0.1) is 0 Å². The SMILES string of the molecule is CN(C)C(=O)N/C=C(/COc1coc(CN2Cc3ccccc3C2)cc1=O)N=N. The van der Waals surface area contributed by atoms with E-state index >= 15 is 0 Å². The average molecular weight is 397 g/mol. The van der Waals surface area contributed by atoms with Gasteiger partial charge < -0.3 is 19.4 Å². The number of nitrogens with one attached hydrogen (secondary N) is 2. The summed E-state index contributed by atoms with van der Waals surface area (Å²) in [6.07, 6.45) is 2.53. The summed E-state index contributed by atoms with van der Waals surface area (Å²) in [6, 6.07) is 9.29. The zero-order valence-electron chi connectivity index (χ0n) is 16.3. The van der Waals surface area contributed by atoms with Crippen LogP contribution in [0.5, 0.6) is 5.75 Å². The summed E-state index contributed by atoms with van der Waals surface area (Å²) in [5.74, 6) is 0.571. The molecule has 2 aromatic rings. The molecule has 0 spiro atoms. The third-order valence-electron chi connectivity index (χ3n) is 4.43. The summed E-state index contributed by atoms with van der Waals surface area (Å²) in [5.41, 5.74) is 9.56. The highest BCUT2D eigenvalue weighted by atomic mass is 16.5. The molecule has 152 valence electrons. The number of hydrogen-bond acceptors (Lipinski definition) is 7. The second kappa shape index (κ2) is 9.16. The van der Waals surface area contributed by atoms with Crippen LogP contribution in [0.3, 0.4) is 0 Å². The monoisotopic (exact) mass is 397 g/mol. The Morgan fingerprint density at radius 2 is 2.03 bits per heavy atom. The third-order valence-corrected chi connectivity index (χ3v) is 4.43. The number of rotatable bonds is 7. The largest absolute Gasteiger partial charge is 0.480 e. The number of nitrogens with zero attached hydrogens (tertiary/aromatic N) is 3. The van der Waals surface area contributed by atoms with Gasteiger partial charge in [0.1, 0.15) is 24.3 Å². The van der Waals surface area contributed by atoms with Crippen molar-refractivity contribution in [3.05, 3.63) is 75.6 Å². The van der Waals surface area contributed by atoms with E-state index in [0.717, 1.165) is 13.1 Å². The lowest BCUT2D eigenvalue weighted by Gasteiger charge is -2.14. The van der Waals surface area contributed by atoms with Crippen LogP contribution in [-0.4, -0.2) is 36.5 Å². The van der Waals surface area contributed by atoms with Gasteiger partial charge >= 0.3 is 6.03 Å². The summed E-state index contributed by atoms with van der Waals surface area (Å²) in [5, 5.41) is 5.75. The fraction of sp³-hybridized carbons (Fsp3) is 0.300. The molecule has 0 atom stereocenters. The minimum Gasteiger partial charge on any atom is -0.480 e. The number of carbonyl (C=O) groups excluding carboxylic acids is 1. The smallest absolute Gasteiger partial charge is 0.320 e. The maximum absolute atomic E-state index is 12.3. The van der Waals surface area contributed by atoms with Gasteiger partial charge in [0.05, 0.1) is 6.54 Å². The molecule has 9 nitrogen and oxygen atoms in total. The van der Waals surface area contributed by atoms with Crippen LogP contribution in [0.1, 0.15) is 16.9 Å². The van der Waals surface area contributed by atoms with E-state index in [1.807, 2.05) is 12.1 Å². The minimum atomic E-state index is -0.362. The van der Waals surface area contributed by atoms with Gasteiger partial charge in [0, 0.05) is 39.5 Å². The molecule has 2 N–H and O–H groups in total. The van der Waals surface area contributed by atoms with Crippen LogP contribution in [0.2, 0.25) is 0 Å². The molecule has 2 amide bonds. The first-order valence-corrected chi connectivity index (χ1v) is 9.04. The molecule has 9 heteroatoms. The minimum absolute atomic E-state index is 0.0203. The van der Waals surface area contributed by atoms with Gasteiger partial charge in [0.25, 0.3) is 0 Å². The average Bonchev–Trinajstić information content (AvgIpc) is 3.11. The van der Waals surface area contributed by atoms with Crippen LogP contribution in [-0.2, 0) is 19.6 Å². The van der Waals surface area contributed by atoms with Crippen LogP contribution in [0.25, 0.3) is 0 Å². The van der Waals surface area contributed by atoms with Gasteiger partial charge in [0.2, 0.25) is 11.2 Å². The van der Waals surface area contributed by atoms with E-state index in [4.69, 9.17) is 14.7 Å². The highest BCUT2D eigenvalue weighted by Crippen LogP contribution is 2.23. The lowest BCUT2D eigenvalue weighted by atomic mass is 10.1.